The average Bonchev–Trinajstić information content (AvgIpc) is 2.60. The number of benzene rings is 1. The molecule has 0 radical (unpaired) electrons. The molecule has 0 bridgehead atoms. The molecule has 1 aromatic carbocycles. The third-order valence-corrected chi connectivity index (χ3v) is 2.41. The molecule has 1 aromatic heterocycles. The molecule has 5 nitrogen and oxygen atoms in total. The molecule has 0 saturated carbocycles. The summed E-state index contributed by atoms with van der Waals surface area (Å²) in [7, 11) is 1.44. The molecule has 2 aromatic rings. The molecule has 0 atom stereocenters. The largest absolute Gasteiger partial charge is 0.496 e. The first-order chi connectivity index (χ1) is 7.65. The number of aromatic nitrogens is 3. The molecule has 0 fully saturated rings. The summed E-state index contributed by atoms with van der Waals surface area (Å²) in [6, 6.07) is 4.46. The number of hydrogen-bond donors (Lipinski definition) is 2. The molecular weight excluding hydrogens is 231 g/mol. The van der Waals surface area contributed by atoms with E-state index < -0.39 is 5.82 Å². The maximum absolute atomic E-state index is 13.7. The molecule has 0 aliphatic carbocycles. The number of H-pyrrole nitrogens is 1. The fourth-order valence-electron chi connectivity index (χ4n) is 1.37. The van der Waals surface area contributed by atoms with Crippen LogP contribution in [0.3, 0.4) is 0 Å². The molecule has 0 amide bonds. The predicted octanol–water partition coefficient (Wildman–Crippen LogP) is 1.47. The third kappa shape index (κ3) is 1.54. The molecule has 1 heterocycles. The van der Waals surface area contributed by atoms with E-state index in [0.29, 0.717) is 5.75 Å². The van der Waals surface area contributed by atoms with Crippen LogP contribution in [0.1, 0.15) is 0 Å². The van der Waals surface area contributed by atoms with Crippen molar-refractivity contribution in [3.05, 3.63) is 28.8 Å². The average molecular weight is 240 g/mol. The van der Waals surface area contributed by atoms with Gasteiger partial charge in [-0.05, 0) is 24.4 Å². The van der Waals surface area contributed by atoms with Gasteiger partial charge in [-0.3, -0.25) is 0 Å². The lowest BCUT2D eigenvalue weighted by Crippen LogP contribution is -2.11. The summed E-state index contributed by atoms with van der Waals surface area (Å²) in [4.78, 5) is 0. The van der Waals surface area contributed by atoms with E-state index in [1.54, 1.807) is 12.1 Å². The van der Waals surface area contributed by atoms with E-state index in [0.717, 1.165) is 4.68 Å². The summed E-state index contributed by atoms with van der Waals surface area (Å²) in [5.41, 5.74) is 0.180. The van der Waals surface area contributed by atoms with Crippen LogP contribution in [-0.2, 0) is 0 Å². The van der Waals surface area contributed by atoms with Crippen LogP contribution >= 0.6 is 12.2 Å². The number of nitrogens with zero attached hydrogens (tertiary/aromatic N) is 2. The van der Waals surface area contributed by atoms with Gasteiger partial charge in [0.25, 0.3) is 0 Å². The minimum absolute atomic E-state index is 0.180. The lowest BCUT2D eigenvalue weighted by atomic mass is 10.2. The summed E-state index contributed by atoms with van der Waals surface area (Å²) in [5, 5.41) is 6.34. The topological polar surface area (TPSA) is 68.9 Å². The molecule has 16 heavy (non-hydrogen) atoms. The first kappa shape index (κ1) is 10.6. The monoisotopic (exact) mass is 240 g/mol. The predicted molar refractivity (Wildman–Crippen MR) is 59.5 cm³/mol. The van der Waals surface area contributed by atoms with Crippen molar-refractivity contribution in [2.45, 2.75) is 0 Å². The first-order valence-electron chi connectivity index (χ1n) is 4.40. The molecular formula is C9H9FN4OS. The number of nitrogens with one attached hydrogen (secondary N) is 1. The molecule has 0 spiro atoms. The Morgan fingerprint density at radius 3 is 2.88 bits per heavy atom. The Morgan fingerprint density at radius 1 is 1.56 bits per heavy atom. The number of hydrogen-bond acceptors (Lipinski definition) is 4. The SMILES string of the molecule is COc1cccc(F)c1-c1n[nH]c(=S)n1N. The molecule has 0 aliphatic rings. The Bertz CT molecular complexity index is 577. The maximum Gasteiger partial charge on any atom is 0.214 e. The van der Waals surface area contributed by atoms with Crippen molar-refractivity contribution in [2.24, 2.45) is 0 Å². The second-order valence-electron chi connectivity index (χ2n) is 3.04. The summed E-state index contributed by atoms with van der Waals surface area (Å²) >= 11 is 4.85. The number of nitrogen functional groups attached to an aromatic ring is 1. The van der Waals surface area contributed by atoms with Crippen molar-refractivity contribution in [2.75, 3.05) is 13.0 Å². The minimum atomic E-state index is -0.472. The lowest BCUT2D eigenvalue weighted by molar-refractivity contribution is 0.413. The fourth-order valence-corrected chi connectivity index (χ4v) is 1.50. The normalized spacial score (nSPS) is 10.4. The van der Waals surface area contributed by atoms with Crippen molar-refractivity contribution in [1.29, 1.82) is 0 Å². The molecule has 0 saturated heterocycles. The molecule has 7 heteroatoms. The van der Waals surface area contributed by atoms with E-state index in [4.69, 9.17) is 22.8 Å². The Labute approximate surface area is 95.6 Å². The molecule has 2 rings (SSSR count). The zero-order valence-corrected chi connectivity index (χ0v) is 9.21. The number of halogens is 1. The van der Waals surface area contributed by atoms with Crippen LogP contribution in [0.25, 0.3) is 11.4 Å². The van der Waals surface area contributed by atoms with Crippen molar-refractivity contribution in [1.82, 2.24) is 14.9 Å². The maximum atomic E-state index is 13.7. The van der Waals surface area contributed by atoms with E-state index in [2.05, 4.69) is 10.2 Å². The van der Waals surface area contributed by atoms with Gasteiger partial charge in [-0.1, -0.05) is 6.07 Å². The van der Waals surface area contributed by atoms with E-state index in [1.807, 2.05) is 0 Å². The van der Waals surface area contributed by atoms with Gasteiger partial charge in [-0.2, -0.15) is 5.10 Å². The van der Waals surface area contributed by atoms with Gasteiger partial charge in [0.2, 0.25) is 4.77 Å². The number of rotatable bonds is 2. The fraction of sp³-hybridized carbons (Fsp3) is 0.111. The standard InChI is InChI=1S/C9H9FN4OS/c1-15-6-4-2-3-5(10)7(6)8-12-13-9(16)14(8)11/h2-4H,11H2,1H3,(H,13,16). The van der Waals surface area contributed by atoms with Crippen LogP contribution in [0, 0.1) is 10.6 Å². The van der Waals surface area contributed by atoms with Crippen molar-refractivity contribution < 1.29 is 9.13 Å². The second-order valence-corrected chi connectivity index (χ2v) is 3.43. The van der Waals surface area contributed by atoms with E-state index in [9.17, 15) is 4.39 Å². The summed E-state index contributed by atoms with van der Waals surface area (Å²) in [5.74, 6) is 5.69. The van der Waals surface area contributed by atoms with Gasteiger partial charge >= 0.3 is 0 Å². The van der Waals surface area contributed by atoms with Crippen LogP contribution < -0.4 is 10.6 Å². The lowest BCUT2D eigenvalue weighted by Gasteiger charge is -2.07. The van der Waals surface area contributed by atoms with Gasteiger partial charge in [0, 0.05) is 0 Å². The highest BCUT2D eigenvalue weighted by Gasteiger charge is 2.16. The van der Waals surface area contributed by atoms with E-state index in [-0.39, 0.29) is 16.2 Å². The van der Waals surface area contributed by atoms with Gasteiger partial charge in [-0.25, -0.2) is 14.2 Å². The first-order valence-corrected chi connectivity index (χ1v) is 4.81. The van der Waals surface area contributed by atoms with Crippen LogP contribution in [0.2, 0.25) is 0 Å². The van der Waals surface area contributed by atoms with Gasteiger partial charge in [0.1, 0.15) is 11.6 Å². The number of aromatic amines is 1. The van der Waals surface area contributed by atoms with Crippen molar-refractivity contribution in [3.8, 4) is 17.1 Å². The van der Waals surface area contributed by atoms with E-state index in [1.165, 1.54) is 13.2 Å². The van der Waals surface area contributed by atoms with Gasteiger partial charge in [0.15, 0.2) is 5.82 Å². The Kier molecular flexibility index (Phi) is 2.61. The van der Waals surface area contributed by atoms with Gasteiger partial charge in [-0.15, -0.1) is 0 Å². The Balaban J connectivity index is 2.72. The van der Waals surface area contributed by atoms with Crippen LogP contribution in [0.15, 0.2) is 18.2 Å². The number of nitrogens with two attached hydrogens (primary N) is 1. The summed E-state index contributed by atoms with van der Waals surface area (Å²) < 4.78 is 20.0. The third-order valence-electron chi connectivity index (χ3n) is 2.12. The van der Waals surface area contributed by atoms with E-state index >= 15 is 0 Å². The van der Waals surface area contributed by atoms with Crippen molar-refractivity contribution in [3.63, 3.8) is 0 Å². The Morgan fingerprint density at radius 2 is 2.31 bits per heavy atom. The quantitative estimate of drug-likeness (QED) is 0.616. The summed E-state index contributed by atoms with van der Waals surface area (Å²) in [6.45, 7) is 0. The van der Waals surface area contributed by atoms with Crippen LogP contribution in [0.4, 0.5) is 4.39 Å². The number of methoxy groups -OCH3 is 1. The highest BCUT2D eigenvalue weighted by molar-refractivity contribution is 7.71. The molecule has 0 aliphatic heterocycles. The highest BCUT2D eigenvalue weighted by atomic mass is 32.1. The minimum Gasteiger partial charge on any atom is -0.496 e. The van der Waals surface area contributed by atoms with Gasteiger partial charge < -0.3 is 10.6 Å². The zero-order valence-electron chi connectivity index (χ0n) is 8.40. The summed E-state index contributed by atoms with van der Waals surface area (Å²) in [6.07, 6.45) is 0. The smallest absolute Gasteiger partial charge is 0.214 e. The molecule has 3 N–H and O–H groups in total. The van der Waals surface area contributed by atoms with Gasteiger partial charge in [0.05, 0.1) is 12.7 Å². The van der Waals surface area contributed by atoms with Crippen LogP contribution in [0.5, 0.6) is 5.75 Å². The van der Waals surface area contributed by atoms with Crippen LogP contribution in [-0.4, -0.2) is 22.0 Å². The zero-order chi connectivity index (χ0) is 11.7. The highest BCUT2D eigenvalue weighted by Crippen LogP contribution is 2.30. The van der Waals surface area contributed by atoms with Crippen molar-refractivity contribution >= 4 is 12.2 Å². The molecule has 0 unspecified atom stereocenters. The Hall–Kier alpha value is -1.89. The second kappa shape index (κ2) is 3.93. The molecule has 84 valence electrons. The number of ether oxygens (including phenoxy) is 1.